The van der Waals surface area contributed by atoms with Crippen LogP contribution in [0.4, 0.5) is 8.78 Å². The molecule has 0 spiro atoms. The standard InChI is InChI=1S/C14H12F2N2O/c1-8-14-12(3-2-4-13(14)19)18(17-8)9-5-6-10(15)11(16)7-9/h5-7H,2-4H2,1H3. The van der Waals surface area contributed by atoms with Crippen LogP contribution in [0.5, 0.6) is 0 Å². The van der Waals surface area contributed by atoms with E-state index in [0.717, 1.165) is 30.7 Å². The molecule has 2 aromatic rings. The number of Topliss-reactive ketones (excluding diaryl/α,β-unsaturated/α-hetero) is 1. The Morgan fingerprint density at radius 1 is 1.21 bits per heavy atom. The van der Waals surface area contributed by atoms with Gasteiger partial charge in [-0.1, -0.05) is 0 Å². The summed E-state index contributed by atoms with van der Waals surface area (Å²) in [6, 6.07) is 3.63. The van der Waals surface area contributed by atoms with Gasteiger partial charge in [-0.2, -0.15) is 5.10 Å². The molecule has 0 fully saturated rings. The van der Waals surface area contributed by atoms with Gasteiger partial charge in [0.2, 0.25) is 0 Å². The van der Waals surface area contributed by atoms with Gasteiger partial charge >= 0.3 is 0 Å². The predicted octanol–water partition coefficient (Wildman–Crippen LogP) is 2.98. The summed E-state index contributed by atoms with van der Waals surface area (Å²) in [4.78, 5) is 11.9. The molecule has 0 bridgehead atoms. The summed E-state index contributed by atoms with van der Waals surface area (Å²) in [7, 11) is 0. The van der Waals surface area contributed by atoms with Crippen molar-refractivity contribution in [2.45, 2.75) is 26.2 Å². The Labute approximate surface area is 108 Å². The Morgan fingerprint density at radius 2 is 2.00 bits per heavy atom. The van der Waals surface area contributed by atoms with Crippen LogP contribution in [0.2, 0.25) is 0 Å². The van der Waals surface area contributed by atoms with Gasteiger partial charge < -0.3 is 0 Å². The second-order valence-corrected chi connectivity index (χ2v) is 4.69. The SMILES string of the molecule is Cc1nn(-c2ccc(F)c(F)c2)c2c1C(=O)CCC2. The summed E-state index contributed by atoms with van der Waals surface area (Å²) in [5, 5.41) is 4.29. The Morgan fingerprint density at radius 3 is 2.74 bits per heavy atom. The summed E-state index contributed by atoms with van der Waals surface area (Å²) >= 11 is 0. The van der Waals surface area contributed by atoms with Gasteiger partial charge in [-0.25, -0.2) is 13.5 Å². The normalized spacial score (nSPS) is 14.6. The van der Waals surface area contributed by atoms with Gasteiger partial charge in [0.25, 0.3) is 0 Å². The highest BCUT2D eigenvalue weighted by Crippen LogP contribution is 2.26. The van der Waals surface area contributed by atoms with Gasteiger partial charge in [0.05, 0.1) is 22.6 Å². The number of benzene rings is 1. The van der Waals surface area contributed by atoms with Gasteiger partial charge in [-0.15, -0.1) is 0 Å². The lowest BCUT2D eigenvalue weighted by molar-refractivity contribution is 0.0971. The van der Waals surface area contributed by atoms with Gasteiger partial charge in [0, 0.05) is 12.5 Å². The first-order valence-electron chi connectivity index (χ1n) is 6.15. The van der Waals surface area contributed by atoms with Crippen LogP contribution < -0.4 is 0 Å². The number of hydrogen-bond donors (Lipinski definition) is 0. The maximum Gasteiger partial charge on any atom is 0.166 e. The quantitative estimate of drug-likeness (QED) is 0.792. The average Bonchev–Trinajstić information content (AvgIpc) is 2.72. The van der Waals surface area contributed by atoms with Crippen molar-refractivity contribution >= 4 is 5.78 Å². The van der Waals surface area contributed by atoms with E-state index in [-0.39, 0.29) is 5.78 Å². The zero-order chi connectivity index (χ0) is 13.6. The van der Waals surface area contributed by atoms with Crippen molar-refractivity contribution in [3.05, 3.63) is 46.8 Å². The summed E-state index contributed by atoms with van der Waals surface area (Å²) in [6.45, 7) is 1.76. The van der Waals surface area contributed by atoms with Crippen LogP contribution in [-0.4, -0.2) is 15.6 Å². The molecule has 19 heavy (non-hydrogen) atoms. The van der Waals surface area contributed by atoms with Crippen molar-refractivity contribution in [2.75, 3.05) is 0 Å². The van der Waals surface area contributed by atoms with Crippen LogP contribution in [0.3, 0.4) is 0 Å². The van der Waals surface area contributed by atoms with Crippen molar-refractivity contribution in [1.29, 1.82) is 0 Å². The molecule has 0 atom stereocenters. The zero-order valence-electron chi connectivity index (χ0n) is 10.4. The number of halogens is 2. The smallest absolute Gasteiger partial charge is 0.166 e. The van der Waals surface area contributed by atoms with E-state index in [1.54, 1.807) is 11.6 Å². The van der Waals surface area contributed by atoms with Gasteiger partial charge in [-0.05, 0) is 31.9 Å². The molecule has 3 rings (SSSR count). The van der Waals surface area contributed by atoms with Gasteiger partial charge in [0.15, 0.2) is 17.4 Å². The molecule has 1 aliphatic rings. The van der Waals surface area contributed by atoms with Crippen molar-refractivity contribution in [2.24, 2.45) is 0 Å². The topological polar surface area (TPSA) is 34.9 Å². The fourth-order valence-electron chi connectivity index (χ4n) is 2.54. The van der Waals surface area contributed by atoms with E-state index in [0.29, 0.717) is 23.4 Å². The molecule has 0 aliphatic heterocycles. The van der Waals surface area contributed by atoms with E-state index < -0.39 is 11.6 Å². The number of fused-ring (bicyclic) bond motifs is 1. The first-order chi connectivity index (χ1) is 9.08. The highest BCUT2D eigenvalue weighted by Gasteiger charge is 2.25. The number of ketones is 1. The van der Waals surface area contributed by atoms with Crippen molar-refractivity contribution in [3.8, 4) is 5.69 Å². The molecule has 0 N–H and O–H groups in total. The fraction of sp³-hybridized carbons (Fsp3) is 0.286. The number of aryl methyl sites for hydroxylation is 1. The van der Waals surface area contributed by atoms with Crippen LogP contribution in [0, 0.1) is 18.6 Å². The van der Waals surface area contributed by atoms with E-state index >= 15 is 0 Å². The van der Waals surface area contributed by atoms with Crippen molar-refractivity contribution in [3.63, 3.8) is 0 Å². The van der Waals surface area contributed by atoms with Crippen LogP contribution in [-0.2, 0) is 6.42 Å². The van der Waals surface area contributed by atoms with Gasteiger partial charge in [-0.3, -0.25) is 4.79 Å². The minimum atomic E-state index is -0.915. The molecule has 1 aromatic carbocycles. The molecule has 1 aromatic heterocycles. The monoisotopic (exact) mass is 262 g/mol. The second-order valence-electron chi connectivity index (χ2n) is 4.69. The average molecular weight is 262 g/mol. The summed E-state index contributed by atoms with van der Waals surface area (Å²) in [5.74, 6) is -1.73. The third-order valence-corrected chi connectivity index (χ3v) is 3.40. The molecular weight excluding hydrogens is 250 g/mol. The predicted molar refractivity (Wildman–Crippen MR) is 65.5 cm³/mol. The molecule has 0 saturated heterocycles. The number of rotatable bonds is 1. The minimum absolute atomic E-state index is 0.0765. The van der Waals surface area contributed by atoms with E-state index in [9.17, 15) is 13.6 Å². The summed E-state index contributed by atoms with van der Waals surface area (Å²) in [5.41, 5.74) is 2.51. The number of carbonyl (C=O) groups is 1. The molecule has 0 saturated carbocycles. The Bertz CT molecular complexity index is 676. The number of hydrogen-bond acceptors (Lipinski definition) is 2. The molecule has 3 nitrogen and oxygen atoms in total. The first kappa shape index (κ1) is 12.0. The largest absolute Gasteiger partial charge is 0.294 e. The highest BCUT2D eigenvalue weighted by atomic mass is 19.2. The summed E-state index contributed by atoms with van der Waals surface area (Å²) < 4.78 is 27.8. The molecule has 1 aliphatic carbocycles. The Balaban J connectivity index is 2.18. The molecule has 1 heterocycles. The van der Waals surface area contributed by atoms with E-state index in [2.05, 4.69) is 5.10 Å². The van der Waals surface area contributed by atoms with E-state index in [1.807, 2.05) is 0 Å². The van der Waals surface area contributed by atoms with E-state index in [4.69, 9.17) is 0 Å². The van der Waals surface area contributed by atoms with Crippen molar-refractivity contribution < 1.29 is 13.6 Å². The molecule has 0 radical (unpaired) electrons. The lowest BCUT2D eigenvalue weighted by Gasteiger charge is -2.13. The molecular formula is C14H12F2N2O. The van der Waals surface area contributed by atoms with Crippen LogP contribution in [0.25, 0.3) is 5.69 Å². The van der Waals surface area contributed by atoms with Gasteiger partial charge in [0.1, 0.15) is 0 Å². The highest BCUT2D eigenvalue weighted by molar-refractivity contribution is 5.99. The number of carbonyl (C=O) groups excluding carboxylic acids is 1. The molecule has 98 valence electrons. The van der Waals surface area contributed by atoms with Crippen molar-refractivity contribution in [1.82, 2.24) is 9.78 Å². The third-order valence-electron chi connectivity index (χ3n) is 3.40. The van der Waals surface area contributed by atoms with Crippen LogP contribution in [0.1, 0.15) is 34.6 Å². The second kappa shape index (κ2) is 4.26. The Hall–Kier alpha value is -2.04. The lowest BCUT2D eigenvalue weighted by atomic mass is 9.94. The van der Waals surface area contributed by atoms with Crippen LogP contribution in [0.15, 0.2) is 18.2 Å². The maximum atomic E-state index is 13.3. The Kier molecular flexibility index (Phi) is 2.69. The molecule has 5 heteroatoms. The minimum Gasteiger partial charge on any atom is -0.294 e. The maximum absolute atomic E-state index is 13.3. The van der Waals surface area contributed by atoms with Crippen LogP contribution >= 0.6 is 0 Å². The zero-order valence-corrected chi connectivity index (χ0v) is 10.4. The number of aromatic nitrogens is 2. The summed E-state index contributed by atoms with van der Waals surface area (Å²) in [6.07, 6.45) is 2.01. The number of nitrogens with zero attached hydrogens (tertiary/aromatic N) is 2. The lowest BCUT2D eigenvalue weighted by Crippen LogP contribution is -2.13. The fourth-order valence-corrected chi connectivity index (χ4v) is 2.54. The molecule has 0 unspecified atom stereocenters. The van der Waals surface area contributed by atoms with E-state index in [1.165, 1.54) is 6.07 Å². The first-order valence-corrected chi connectivity index (χ1v) is 6.15. The molecule has 0 amide bonds. The third kappa shape index (κ3) is 1.85.